The lowest BCUT2D eigenvalue weighted by Crippen LogP contribution is -2.28. The van der Waals surface area contributed by atoms with Gasteiger partial charge in [0.1, 0.15) is 0 Å². The second kappa shape index (κ2) is 10.3. The van der Waals surface area contributed by atoms with Crippen molar-refractivity contribution in [1.29, 1.82) is 0 Å². The van der Waals surface area contributed by atoms with Crippen LogP contribution in [0.5, 0.6) is 0 Å². The third-order valence-electron chi connectivity index (χ3n) is 5.24. The van der Waals surface area contributed by atoms with Gasteiger partial charge in [-0.1, -0.05) is 73.3 Å². The van der Waals surface area contributed by atoms with Crippen LogP contribution in [0.2, 0.25) is 0 Å². The molecule has 2 aromatic carbocycles. The Labute approximate surface area is 192 Å². The van der Waals surface area contributed by atoms with Gasteiger partial charge in [0.15, 0.2) is 10.9 Å². The summed E-state index contributed by atoms with van der Waals surface area (Å²) in [6.07, 6.45) is 2.62. The molecule has 4 rings (SSSR count). The Morgan fingerprint density at radius 2 is 1.81 bits per heavy atom. The van der Waals surface area contributed by atoms with Crippen molar-refractivity contribution in [3.63, 3.8) is 0 Å². The second-order valence-corrected chi connectivity index (χ2v) is 8.47. The second-order valence-electron chi connectivity index (χ2n) is 7.53. The maximum atomic E-state index is 12.6. The lowest BCUT2D eigenvalue weighted by Gasteiger charge is -2.15. The van der Waals surface area contributed by atoms with E-state index in [0.29, 0.717) is 23.3 Å². The van der Waals surface area contributed by atoms with E-state index in [1.165, 1.54) is 17.3 Å². The highest BCUT2D eigenvalue weighted by atomic mass is 32.2. The molecule has 1 amide bonds. The van der Waals surface area contributed by atoms with Crippen LogP contribution in [0.25, 0.3) is 11.6 Å². The lowest BCUT2D eigenvalue weighted by molar-refractivity contribution is -0.119. The van der Waals surface area contributed by atoms with Crippen LogP contribution in [-0.2, 0) is 17.8 Å². The van der Waals surface area contributed by atoms with Gasteiger partial charge in [0.2, 0.25) is 11.7 Å². The summed E-state index contributed by atoms with van der Waals surface area (Å²) in [6, 6.07) is 22.1. The summed E-state index contributed by atoms with van der Waals surface area (Å²) in [7, 11) is 0. The van der Waals surface area contributed by atoms with Crippen LogP contribution in [0.1, 0.15) is 36.6 Å². The van der Waals surface area contributed by atoms with Crippen molar-refractivity contribution in [3.05, 3.63) is 89.7 Å². The molecule has 0 aliphatic carbocycles. The van der Waals surface area contributed by atoms with Crippen LogP contribution in [0.4, 0.5) is 0 Å². The molecule has 0 aliphatic heterocycles. The zero-order valence-corrected chi connectivity index (χ0v) is 19.0. The van der Waals surface area contributed by atoms with Gasteiger partial charge in [0.25, 0.3) is 0 Å². The predicted molar refractivity (Wildman–Crippen MR) is 126 cm³/mol. The molecule has 0 radical (unpaired) electrons. The van der Waals surface area contributed by atoms with E-state index in [1.807, 2.05) is 41.8 Å². The molecule has 6 nitrogen and oxygen atoms in total. The van der Waals surface area contributed by atoms with Crippen LogP contribution in [0, 0.1) is 0 Å². The standard InChI is InChI=1S/C25H26N4O2S/c1-3-19-11-13-21(14-12-19)18(2)26-23(30)17-32-25-28-27-24(22-10-7-15-31-22)29(25)16-20-8-5-4-6-9-20/h4-15,18H,3,16-17H2,1-2H3,(H,26,30). The third kappa shape index (κ3) is 5.29. The molecule has 2 aromatic heterocycles. The summed E-state index contributed by atoms with van der Waals surface area (Å²) in [5.74, 6) is 1.50. The fraction of sp³-hybridized carbons (Fsp3) is 0.240. The Kier molecular flexibility index (Phi) is 7.07. The highest BCUT2D eigenvalue weighted by Crippen LogP contribution is 2.25. The number of furan rings is 1. The first-order valence-electron chi connectivity index (χ1n) is 10.7. The Hall–Kier alpha value is -3.32. The number of nitrogens with one attached hydrogen (secondary N) is 1. The van der Waals surface area contributed by atoms with Gasteiger partial charge in [-0.2, -0.15) is 0 Å². The van der Waals surface area contributed by atoms with Crippen molar-refractivity contribution in [1.82, 2.24) is 20.1 Å². The number of carbonyl (C=O) groups excluding carboxylic acids is 1. The summed E-state index contributed by atoms with van der Waals surface area (Å²) in [5, 5.41) is 12.4. The van der Waals surface area contributed by atoms with Crippen molar-refractivity contribution in [3.8, 4) is 11.6 Å². The van der Waals surface area contributed by atoms with Gasteiger partial charge >= 0.3 is 0 Å². The number of benzene rings is 2. The van der Waals surface area contributed by atoms with Gasteiger partial charge in [0.05, 0.1) is 24.6 Å². The number of thioether (sulfide) groups is 1. The number of hydrogen-bond donors (Lipinski definition) is 1. The van der Waals surface area contributed by atoms with E-state index < -0.39 is 0 Å². The number of amides is 1. The zero-order valence-electron chi connectivity index (χ0n) is 18.2. The lowest BCUT2D eigenvalue weighted by atomic mass is 10.1. The van der Waals surface area contributed by atoms with Crippen molar-refractivity contribution in [2.45, 2.75) is 38.0 Å². The van der Waals surface area contributed by atoms with Crippen LogP contribution < -0.4 is 5.32 Å². The molecule has 1 unspecified atom stereocenters. The summed E-state index contributed by atoms with van der Waals surface area (Å²) in [4.78, 5) is 12.6. The number of hydrogen-bond acceptors (Lipinski definition) is 5. The fourth-order valence-corrected chi connectivity index (χ4v) is 4.18. The fourth-order valence-electron chi connectivity index (χ4n) is 3.43. The summed E-state index contributed by atoms with van der Waals surface area (Å²) in [5.41, 5.74) is 3.50. The number of carbonyl (C=O) groups is 1. The molecule has 7 heteroatoms. The molecule has 0 aliphatic rings. The Bertz CT molecular complexity index is 1140. The van der Waals surface area contributed by atoms with Crippen molar-refractivity contribution < 1.29 is 9.21 Å². The van der Waals surface area contributed by atoms with Crippen molar-refractivity contribution in [2.75, 3.05) is 5.75 Å². The third-order valence-corrected chi connectivity index (χ3v) is 6.21. The minimum absolute atomic E-state index is 0.0455. The molecule has 0 saturated carbocycles. The van der Waals surface area contributed by atoms with Gasteiger partial charge in [0, 0.05) is 0 Å². The Balaban J connectivity index is 1.44. The van der Waals surface area contributed by atoms with Crippen LogP contribution in [0.15, 0.2) is 82.6 Å². The average Bonchev–Trinajstić information content (AvgIpc) is 3.48. The maximum absolute atomic E-state index is 12.6. The number of aryl methyl sites for hydroxylation is 1. The quantitative estimate of drug-likeness (QED) is 0.361. The maximum Gasteiger partial charge on any atom is 0.230 e. The van der Waals surface area contributed by atoms with E-state index in [9.17, 15) is 4.79 Å². The topological polar surface area (TPSA) is 73.0 Å². The molecule has 2 heterocycles. The van der Waals surface area contributed by atoms with E-state index >= 15 is 0 Å². The number of rotatable bonds is 9. The number of nitrogens with zero attached hydrogens (tertiary/aromatic N) is 3. The van der Waals surface area contributed by atoms with Crippen LogP contribution in [-0.4, -0.2) is 26.4 Å². The molecule has 0 bridgehead atoms. The largest absolute Gasteiger partial charge is 0.461 e. The normalized spacial score (nSPS) is 11.9. The Morgan fingerprint density at radius 1 is 1.03 bits per heavy atom. The first-order valence-corrected chi connectivity index (χ1v) is 11.6. The van der Waals surface area contributed by atoms with E-state index in [-0.39, 0.29) is 17.7 Å². The molecule has 4 aromatic rings. The predicted octanol–water partition coefficient (Wildman–Crippen LogP) is 5.12. The summed E-state index contributed by atoms with van der Waals surface area (Å²) < 4.78 is 7.53. The molecule has 0 fully saturated rings. The molecule has 1 atom stereocenters. The minimum atomic E-state index is -0.0603. The smallest absolute Gasteiger partial charge is 0.230 e. The Morgan fingerprint density at radius 3 is 2.50 bits per heavy atom. The van der Waals surface area contributed by atoms with Gasteiger partial charge in [-0.15, -0.1) is 10.2 Å². The minimum Gasteiger partial charge on any atom is -0.461 e. The zero-order chi connectivity index (χ0) is 22.3. The van der Waals surface area contributed by atoms with Crippen molar-refractivity contribution >= 4 is 17.7 Å². The molecule has 1 N–H and O–H groups in total. The van der Waals surface area contributed by atoms with Crippen LogP contribution >= 0.6 is 11.8 Å². The molecule has 0 saturated heterocycles. The SMILES string of the molecule is CCc1ccc(C(C)NC(=O)CSc2nnc(-c3ccco3)n2Cc2ccccc2)cc1. The molecular weight excluding hydrogens is 420 g/mol. The molecule has 164 valence electrons. The van der Waals surface area contributed by atoms with E-state index in [1.54, 1.807) is 6.26 Å². The monoisotopic (exact) mass is 446 g/mol. The van der Waals surface area contributed by atoms with Gasteiger partial charge in [-0.05, 0) is 42.2 Å². The van der Waals surface area contributed by atoms with E-state index in [2.05, 4.69) is 58.8 Å². The van der Waals surface area contributed by atoms with Gasteiger partial charge in [-0.3, -0.25) is 9.36 Å². The number of aromatic nitrogens is 3. The highest BCUT2D eigenvalue weighted by molar-refractivity contribution is 7.99. The molecule has 32 heavy (non-hydrogen) atoms. The van der Waals surface area contributed by atoms with Gasteiger partial charge < -0.3 is 9.73 Å². The highest BCUT2D eigenvalue weighted by Gasteiger charge is 2.18. The molecular formula is C25H26N4O2S. The first-order chi connectivity index (χ1) is 15.6. The summed E-state index contributed by atoms with van der Waals surface area (Å²) in [6.45, 7) is 4.72. The van der Waals surface area contributed by atoms with Gasteiger partial charge in [-0.25, -0.2) is 0 Å². The molecule has 0 spiro atoms. The van der Waals surface area contributed by atoms with Crippen LogP contribution in [0.3, 0.4) is 0 Å². The van der Waals surface area contributed by atoms with Crippen molar-refractivity contribution in [2.24, 2.45) is 0 Å². The average molecular weight is 447 g/mol. The van der Waals surface area contributed by atoms with E-state index in [0.717, 1.165) is 17.5 Å². The van der Waals surface area contributed by atoms with E-state index in [4.69, 9.17) is 4.42 Å². The first kappa shape index (κ1) is 21.9. The summed E-state index contributed by atoms with van der Waals surface area (Å²) >= 11 is 1.37.